The van der Waals surface area contributed by atoms with E-state index in [4.69, 9.17) is 5.73 Å². The fourth-order valence-corrected chi connectivity index (χ4v) is 3.01. The van der Waals surface area contributed by atoms with Crippen molar-refractivity contribution >= 4 is 0 Å². The number of hydrogen-bond donors (Lipinski definition) is 2. The molecular formula is C15H20F4N2. The van der Waals surface area contributed by atoms with Crippen molar-refractivity contribution in [3.05, 3.63) is 35.1 Å². The number of nitrogens with one attached hydrogen (secondary N) is 1. The minimum absolute atomic E-state index is 0.0194. The SMILES string of the molecule is CC1CCC(NC(CN)c2ccc(F)cc2C(F)(F)F)C1. The normalized spacial score (nSPS) is 24.3. The molecule has 0 heterocycles. The largest absolute Gasteiger partial charge is 0.416 e. The highest BCUT2D eigenvalue weighted by molar-refractivity contribution is 5.33. The molecule has 0 saturated heterocycles. The molecule has 1 aromatic rings. The summed E-state index contributed by atoms with van der Waals surface area (Å²) < 4.78 is 52.3. The molecular weight excluding hydrogens is 284 g/mol. The Morgan fingerprint density at radius 1 is 1.33 bits per heavy atom. The van der Waals surface area contributed by atoms with Crippen molar-refractivity contribution in [3.63, 3.8) is 0 Å². The third-order valence-corrected chi connectivity index (χ3v) is 4.06. The summed E-state index contributed by atoms with van der Waals surface area (Å²) in [6.45, 7) is 2.16. The molecule has 2 rings (SSSR count). The van der Waals surface area contributed by atoms with Crippen molar-refractivity contribution in [1.82, 2.24) is 5.32 Å². The van der Waals surface area contributed by atoms with Crippen molar-refractivity contribution in [3.8, 4) is 0 Å². The first kappa shape index (κ1) is 16.2. The van der Waals surface area contributed by atoms with Gasteiger partial charge in [-0.25, -0.2) is 4.39 Å². The van der Waals surface area contributed by atoms with Crippen LogP contribution >= 0.6 is 0 Å². The highest BCUT2D eigenvalue weighted by Gasteiger charge is 2.36. The third-order valence-electron chi connectivity index (χ3n) is 4.06. The van der Waals surface area contributed by atoms with Crippen molar-refractivity contribution in [2.75, 3.05) is 6.54 Å². The molecule has 3 atom stereocenters. The van der Waals surface area contributed by atoms with E-state index in [9.17, 15) is 17.6 Å². The molecule has 0 spiro atoms. The molecule has 0 aliphatic heterocycles. The topological polar surface area (TPSA) is 38.0 Å². The summed E-state index contributed by atoms with van der Waals surface area (Å²) in [4.78, 5) is 0. The number of hydrogen-bond acceptors (Lipinski definition) is 2. The van der Waals surface area contributed by atoms with Crippen molar-refractivity contribution < 1.29 is 17.6 Å². The first-order valence-electron chi connectivity index (χ1n) is 7.14. The first-order chi connectivity index (χ1) is 9.81. The molecule has 0 amide bonds. The smallest absolute Gasteiger partial charge is 0.329 e. The van der Waals surface area contributed by atoms with Gasteiger partial charge in [-0.2, -0.15) is 13.2 Å². The van der Waals surface area contributed by atoms with Crippen LogP contribution in [0.25, 0.3) is 0 Å². The summed E-state index contributed by atoms with van der Waals surface area (Å²) in [7, 11) is 0. The van der Waals surface area contributed by atoms with Crippen LogP contribution in [0.4, 0.5) is 17.6 Å². The average Bonchev–Trinajstić information content (AvgIpc) is 2.81. The van der Waals surface area contributed by atoms with E-state index in [-0.39, 0.29) is 18.2 Å². The number of rotatable bonds is 4. The minimum Gasteiger partial charge on any atom is -0.329 e. The quantitative estimate of drug-likeness (QED) is 0.834. The van der Waals surface area contributed by atoms with E-state index < -0.39 is 23.6 Å². The molecule has 118 valence electrons. The van der Waals surface area contributed by atoms with Crippen molar-refractivity contribution in [1.29, 1.82) is 0 Å². The Kier molecular flexibility index (Phi) is 4.88. The molecule has 0 aromatic heterocycles. The van der Waals surface area contributed by atoms with Crippen molar-refractivity contribution in [2.24, 2.45) is 11.7 Å². The Morgan fingerprint density at radius 3 is 2.57 bits per heavy atom. The molecule has 1 aromatic carbocycles. The molecule has 3 N–H and O–H groups in total. The summed E-state index contributed by atoms with van der Waals surface area (Å²) in [5.41, 5.74) is 4.72. The maximum absolute atomic E-state index is 13.1. The van der Waals surface area contributed by atoms with Gasteiger partial charge in [0.1, 0.15) is 5.82 Å². The lowest BCUT2D eigenvalue weighted by Gasteiger charge is -2.25. The van der Waals surface area contributed by atoms with Gasteiger partial charge < -0.3 is 11.1 Å². The van der Waals surface area contributed by atoms with Crippen LogP contribution < -0.4 is 11.1 Å². The van der Waals surface area contributed by atoms with Crippen LogP contribution in [0.2, 0.25) is 0 Å². The summed E-state index contributed by atoms with van der Waals surface area (Å²) >= 11 is 0. The summed E-state index contributed by atoms with van der Waals surface area (Å²) in [6, 6.07) is 2.32. The second-order valence-corrected chi connectivity index (χ2v) is 5.80. The molecule has 0 radical (unpaired) electrons. The molecule has 1 aliphatic carbocycles. The molecule has 6 heteroatoms. The zero-order valence-electron chi connectivity index (χ0n) is 11.9. The first-order valence-corrected chi connectivity index (χ1v) is 7.14. The lowest BCUT2D eigenvalue weighted by Crippen LogP contribution is -2.36. The van der Waals surface area contributed by atoms with Gasteiger partial charge >= 0.3 is 6.18 Å². The fraction of sp³-hybridized carbons (Fsp3) is 0.600. The average molecular weight is 304 g/mol. The van der Waals surface area contributed by atoms with Crippen LogP contribution in [0.5, 0.6) is 0 Å². The van der Waals surface area contributed by atoms with Gasteiger partial charge in [-0.15, -0.1) is 0 Å². The van der Waals surface area contributed by atoms with E-state index in [2.05, 4.69) is 12.2 Å². The number of alkyl halides is 3. The molecule has 1 saturated carbocycles. The highest BCUT2D eigenvalue weighted by atomic mass is 19.4. The van der Waals surface area contributed by atoms with Gasteiger partial charge in [0.2, 0.25) is 0 Å². The van der Waals surface area contributed by atoms with E-state index >= 15 is 0 Å². The lowest BCUT2D eigenvalue weighted by molar-refractivity contribution is -0.138. The highest BCUT2D eigenvalue weighted by Crippen LogP contribution is 2.36. The van der Waals surface area contributed by atoms with E-state index in [1.54, 1.807) is 0 Å². The third kappa shape index (κ3) is 3.95. The number of nitrogens with two attached hydrogens (primary N) is 1. The molecule has 21 heavy (non-hydrogen) atoms. The zero-order chi connectivity index (χ0) is 15.6. The standard InChI is InChI=1S/C15H20F4N2/c1-9-2-4-11(6-9)21-14(8-20)12-5-3-10(16)7-13(12)15(17,18)19/h3,5,7,9,11,14,21H,2,4,6,8,20H2,1H3. The minimum atomic E-state index is -4.59. The maximum Gasteiger partial charge on any atom is 0.416 e. The van der Waals surface area contributed by atoms with Crippen LogP contribution in [0.15, 0.2) is 18.2 Å². The van der Waals surface area contributed by atoms with E-state index in [0.29, 0.717) is 12.0 Å². The predicted octanol–water partition coefficient (Wildman–Crippen LogP) is 3.62. The van der Waals surface area contributed by atoms with Gasteiger partial charge in [-0.3, -0.25) is 0 Å². The second-order valence-electron chi connectivity index (χ2n) is 5.80. The molecule has 0 bridgehead atoms. The van der Waals surface area contributed by atoms with Gasteiger partial charge in [0.25, 0.3) is 0 Å². The summed E-state index contributed by atoms with van der Waals surface area (Å²) in [6.07, 6.45) is -1.67. The number of halogens is 4. The molecule has 3 unspecified atom stereocenters. The molecule has 2 nitrogen and oxygen atoms in total. The number of benzene rings is 1. The van der Waals surface area contributed by atoms with Gasteiger partial charge in [-0.1, -0.05) is 13.0 Å². The van der Waals surface area contributed by atoms with Crippen LogP contribution in [0.3, 0.4) is 0 Å². The monoisotopic (exact) mass is 304 g/mol. The molecule has 1 fully saturated rings. The van der Waals surface area contributed by atoms with Crippen LogP contribution in [0, 0.1) is 11.7 Å². The Morgan fingerprint density at radius 2 is 2.05 bits per heavy atom. The maximum atomic E-state index is 13.1. The summed E-state index contributed by atoms with van der Waals surface area (Å²) in [5.74, 6) is -0.326. The Balaban J connectivity index is 2.25. The van der Waals surface area contributed by atoms with Gasteiger partial charge in [0.15, 0.2) is 0 Å². The van der Waals surface area contributed by atoms with E-state index in [1.165, 1.54) is 6.07 Å². The van der Waals surface area contributed by atoms with Gasteiger partial charge in [-0.05, 0) is 42.9 Å². The molecule has 1 aliphatic rings. The summed E-state index contributed by atoms with van der Waals surface area (Å²) in [5, 5.41) is 3.20. The van der Waals surface area contributed by atoms with Crippen LogP contribution in [0.1, 0.15) is 43.4 Å². The van der Waals surface area contributed by atoms with E-state index in [1.807, 2.05) is 0 Å². The van der Waals surface area contributed by atoms with E-state index in [0.717, 1.165) is 25.3 Å². The van der Waals surface area contributed by atoms with Crippen LogP contribution in [-0.2, 0) is 6.18 Å². The van der Waals surface area contributed by atoms with Gasteiger partial charge in [0.05, 0.1) is 5.56 Å². The zero-order valence-corrected chi connectivity index (χ0v) is 11.9. The lowest BCUT2D eigenvalue weighted by atomic mass is 9.98. The Bertz CT molecular complexity index is 487. The fourth-order valence-electron chi connectivity index (χ4n) is 3.01. The predicted molar refractivity (Wildman–Crippen MR) is 73.1 cm³/mol. The Hall–Kier alpha value is -1.14. The second kappa shape index (κ2) is 6.32. The van der Waals surface area contributed by atoms with Crippen molar-refractivity contribution in [2.45, 2.75) is 44.4 Å². The van der Waals surface area contributed by atoms with Gasteiger partial charge in [0, 0.05) is 18.6 Å². The Labute approximate surface area is 121 Å². The van der Waals surface area contributed by atoms with Crippen LogP contribution in [-0.4, -0.2) is 12.6 Å².